The predicted molar refractivity (Wildman–Crippen MR) is 132 cm³/mol. The molecular formula is C23H25BrN4O4S. The summed E-state index contributed by atoms with van der Waals surface area (Å²) in [4.78, 5) is 26.1. The van der Waals surface area contributed by atoms with Crippen molar-refractivity contribution in [3.05, 3.63) is 52.5 Å². The fraction of sp³-hybridized carbons (Fsp3) is 0.304. The minimum Gasteiger partial charge on any atom is -0.497 e. The lowest BCUT2D eigenvalue weighted by Gasteiger charge is -2.23. The van der Waals surface area contributed by atoms with Crippen LogP contribution in [-0.4, -0.2) is 42.3 Å². The summed E-state index contributed by atoms with van der Waals surface area (Å²) in [5.74, 6) is 0.0370. The molecule has 2 amide bonds. The fourth-order valence-corrected chi connectivity index (χ4v) is 4.24. The third-order valence-electron chi connectivity index (χ3n) is 5.16. The smallest absolute Gasteiger partial charge is 0.255 e. The highest BCUT2D eigenvalue weighted by molar-refractivity contribution is 9.10. The van der Waals surface area contributed by atoms with Gasteiger partial charge < -0.3 is 14.8 Å². The number of benzene rings is 2. The number of hydrogen-bond acceptors (Lipinski definition) is 7. The lowest BCUT2D eigenvalue weighted by atomic mass is 9.98. The number of ether oxygens (including phenoxy) is 2. The molecule has 0 spiro atoms. The lowest BCUT2D eigenvalue weighted by molar-refractivity contribution is -0.119. The topological polar surface area (TPSA) is 102 Å². The van der Waals surface area contributed by atoms with Crippen molar-refractivity contribution in [2.45, 2.75) is 26.3 Å². The first-order chi connectivity index (χ1) is 15.9. The standard InChI is InChI=1S/C23H25BrN4O4S/c1-5-13(2)19(25-20(29)17-10-9-16(31-3)12-18(17)32-4)21(30)26-23-28-27-22(33-23)14-7-6-8-15(24)11-14/h6-13,19H,5H2,1-4H3,(H,25,29)(H,26,28,30)/t13-,19+/m0/s1. The van der Waals surface area contributed by atoms with Crippen LogP contribution in [0.15, 0.2) is 46.9 Å². The molecule has 0 radical (unpaired) electrons. The lowest BCUT2D eigenvalue weighted by Crippen LogP contribution is -2.47. The maximum Gasteiger partial charge on any atom is 0.255 e. The zero-order valence-electron chi connectivity index (χ0n) is 18.7. The number of rotatable bonds is 9. The molecule has 10 heteroatoms. The van der Waals surface area contributed by atoms with Crippen LogP contribution in [0.25, 0.3) is 10.6 Å². The molecule has 1 aromatic heterocycles. The molecular weight excluding hydrogens is 508 g/mol. The van der Waals surface area contributed by atoms with Crippen LogP contribution >= 0.6 is 27.3 Å². The van der Waals surface area contributed by atoms with Crippen molar-refractivity contribution in [3.8, 4) is 22.1 Å². The summed E-state index contributed by atoms with van der Waals surface area (Å²) < 4.78 is 11.4. The maximum atomic E-state index is 13.1. The van der Waals surface area contributed by atoms with Gasteiger partial charge in [-0.2, -0.15) is 0 Å². The van der Waals surface area contributed by atoms with E-state index in [9.17, 15) is 9.59 Å². The predicted octanol–water partition coefficient (Wildman–Crippen LogP) is 4.77. The van der Waals surface area contributed by atoms with Gasteiger partial charge in [-0.25, -0.2) is 0 Å². The zero-order valence-corrected chi connectivity index (χ0v) is 21.1. The molecule has 0 aliphatic rings. The Bertz CT molecular complexity index is 1140. The summed E-state index contributed by atoms with van der Waals surface area (Å²) in [6, 6.07) is 11.8. The molecule has 1 heterocycles. The van der Waals surface area contributed by atoms with Crippen LogP contribution in [0.3, 0.4) is 0 Å². The van der Waals surface area contributed by atoms with Crippen LogP contribution in [0.4, 0.5) is 5.13 Å². The van der Waals surface area contributed by atoms with E-state index in [1.165, 1.54) is 25.6 Å². The first-order valence-electron chi connectivity index (χ1n) is 10.3. The summed E-state index contributed by atoms with van der Waals surface area (Å²) in [5.41, 5.74) is 1.20. The highest BCUT2D eigenvalue weighted by atomic mass is 79.9. The van der Waals surface area contributed by atoms with Crippen LogP contribution in [0.5, 0.6) is 11.5 Å². The average molecular weight is 533 g/mol. The van der Waals surface area contributed by atoms with Crippen molar-refractivity contribution < 1.29 is 19.1 Å². The normalized spacial score (nSPS) is 12.5. The van der Waals surface area contributed by atoms with Gasteiger partial charge in [0, 0.05) is 16.1 Å². The molecule has 0 saturated carbocycles. The number of hydrogen-bond donors (Lipinski definition) is 2. The van der Waals surface area contributed by atoms with Crippen molar-refractivity contribution in [1.82, 2.24) is 15.5 Å². The molecule has 0 saturated heterocycles. The van der Waals surface area contributed by atoms with Crippen LogP contribution in [0, 0.1) is 5.92 Å². The zero-order chi connectivity index (χ0) is 24.0. The number of nitrogens with zero attached hydrogens (tertiary/aromatic N) is 2. The van der Waals surface area contributed by atoms with E-state index in [0.29, 0.717) is 33.6 Å². The number of amides is 2. The number of methoxy groups -OCH3 is 2. The Morgan fingerprint density at radius 2 is 1.91 bits per heavy atom. The van der Waals surface area contributed by atoms with Gasteiger partial charge in [0.1, 0.15) is 22.5 Å². The number of carbonyl (C=O) groups excluding carboxylic acids is 2. The number of anilines is 1. The summed E-state index contributed by atoms with van der Waals surface area (Å²) in [7, 11) is 3.01. The Balaban J connectivity index is 1.77. The molecule has 0 bridgehead atoms. The van der Waals surface area contributed by atoms with Gasteiger partial charge >= 0.3 is 0 Å². The molecule has 0 unspecified atom stereocenters. The molecule has 2 aromatic carbocycles. The SMILES string of the molecule is CC[C@H](C)[C@@H](NC(=O)c1ccc(OC)cc1OC)C(=O)Nc1nnc(-c2cccc(Br)c2)s1. The van der Waals surface area contributed by atoms with Gasteiger partial charge in [-0.15, -0.1) is 10.2 Å². The molecule has 8 nitrogen and oxygen atoms in total. The van der Waals surface area contributed by atoms with E-state index in [0.717, 1.165) is 10.0 Å². The molecule has 0 fully saturated rings. The number of aromatic nitrogens is 2. The third kappa shape index (κ3) is 6.08. The number of nitrogens with one attached hydrogen (secondary N) is 2. The van der Waals surface area contributed by atoms with Crippen molar-refractivity contribution >= 4 is 44.2 Å². The van der Waals surface area contributed by atoms with Gasteiger partial charge in [0.05, 0.1) is 19.8 Å². The highest BCUT2D eigenvalue weighted by Gasteiger charge is 2.28. The van der Waals surface area contributed by atoms with E-state index < -0.39 is 11.9 Å². The molecule has 0 aliphatic heterocycles. The van der Waals surface area contributed by atoms with Crippen LogP contribution < -0.4 is 20.1 Å². The van der Waals surface area contributed by atoms with E-state index in [2.05, 4.69) is 36.8 Å². The summed E-state index contributed by atoms with van der Waals surface area (Å²) in [5, 5.41) is 14.9. The number of carbonyl (C=O) groups is 2. The molecule has 0 aliphatic carbocycles. The number of halogens is 1. The van der Waals surface area contributed by atoms with Gasteiger partial charge in [0.2, 0.25) is 11.0 Å². The largest absolute Gasteiger partial charge is 0.497 e. The van der Waals surface area contributed by atoms with Gasteiger partial charge in [-0.1, -0.05) is 59.7 Å². The van der Waals surface area contributed by atoms with E-state index in [1.807, 2.05) is 38.1 Å². The summed E-state index contributed by atoms with van der Waals surface area (Å²) in [6.45, 7) is 3.87. The summed E-state index contributed by atoms with van der Waals surface area (Å²) >= 11 is 4.70. The van der Waals surface area contributed by atoms with E-state index in [-0.39, 0.29) is 11.8 Å². The van der Waals surface area contributed by atoms with Gasteiger partial charge in [0.25, 0.3) is 5.91 Å². The van der Waals surface area contributed by atoms with Crippen molar-refractivity contribution in [2.24, 2.45) is 5.92 Å². The second-order valence-electron chi connectivity index (χ2n) is 7.31. The van der Waals surface area contributed by atoms with Gasteiger partial charge in [-0.3, -0.25) is 14.9 Å². The Hall–Kier alpha value is -2.98. The van der Waals surface area contributed by atoms with Gasteiger partial charge in [-0.05, 0) is 30.2 Å². The average Bonchev–Trinajstić information content (AvgIpc) is 3.29. The monoisotopic (exact) mass is 532 g/mol. The summed E-state index contributed by atoms with van der Waals surface area (Å²) in [6.07, 6.45) is 0.692. The van der Waals surface area contributed by atoms with Crippen molar-refractivity contribution in [2.75, 3.05) is 19.5 Å². The first-order valence-corrected chi connectivity index (χ1v) is 11.9. The van der Waals surface area contributed by atoms with Crippen LogP contribution in [-0.2, 0) is 4.79 Å². The highest BCUT2D eigenvalue weighted by Crippen LogP contribution is 2.29. The molecule has 2 atom stereocenters. The minimum atomic E-state index is -0.771. The first kappa shape index (κ1) is 24.7. The molecule has 174 valence electrons. The maximum absolute atomic E-state index is 13.1. The Morgan fingerprint density at radius 1 is 1.12 bits per heavy atom. The Labute approximate surface area is 204 Å². The van der Waals surface area contributed by atoms with Crippen LogP contribution in [0.1, 0.15) is 30.6 Å². The minimum absolute atomic E-state index is 0.115. The van der Waals surface area contributed by atoms with E-state index in [4.69, 9.17) is 9.47 Å². The third-order valence-corrected chi connectivity index (χ3v) is 6.54. The molecule has 3 aromatic rings. The van der Waals surface area contributed by atoms with Crippen molar-refractivity contribution in [3.63, 3.8) is 0 Å². The quantitative estimate of drug-likeness (QED) is 0.411. The second-order valence-corrected chi connectivity index (χ2v) is 9.21. The van der Waals surface area contributed by atoms with E-state index in [1.54, 1.807) is 18.2 Å². The van der Waals surface area contributed by atoms with Crippen LogP contribution in [0.2, 0.25) is 0 Å². The van der Waals surface area contributed by atoms with Crippen molar-refractivity contribution in [1.29, 1.82) is 0 Å². The fourth-order valence-electron chi connectivity index (χ4n) is 3.10. The Kier molecular flexibility index (Phi) is 8.40. The molecule has 2 N–H and O–H groups in total. The molecule has 3 rings (SSSR count). The Morgan fingerprint density at radius 3 is 2.58 bits per heavy atom. The van der Waals surface area contributed by atoms with E-state index >= 15 is 0 Å². The van der Waals surface area contributed by atoms with Gasteiger partial charge in [0.15, 0.2) is 0 Å². The second kappa shape index (κ2) is 11.2. The molecule has 33 heavy (non-hydrogen) atoms.